The molecule has 0 aromatic heterocycles. The molecule has 10 nitrogen and oxygen atoms in total. The molecule has 2 aromatic carbocycles. The third-order valence-electron chi connectivity index (χ3n) is 5.24. The second-order valence-electron chi connectivity index (χ2n) is 7.43. The molecule has 0 bridgehead atoms. The minimum Gasteiger partial charge on any atom is -0.490 e. The molecule has 1 aliphatic heterocycles. The third kappa shape index (κ3) is 5.62. The normalized spacial score (nSPS) is 15.3. The fourth-order valence-corrected chi connectivity index (χ4v) is 5.49. The summed E-state index contributed by atoms with van der Waals surface area (Å²) in [5.41, 5.74) is 2.11. The lowest BCUT2D eigenvalue weighted by atomic mass is 9.98. The average Bonchev–Trinajstić information content (AvgIpc) is 2.82. The Labute approximate surface area is 191 Å². The molecule has 0 unspecified atom stereocenters. The highest BCUT2D eigenvalue weighted by molar-refractivity contribution is 7.93. The summed E-state index contributed by atoms with van der Waals surface area (Å²) in [6, 6.07) is 12.7. The zero-order chi connectivity index (χ0) is 23.9. The Hall–Kier alpha value is -3.15. The summed E-state index contributed by atoms with van der Waals surface area (Å²) in [5.74, 6) is -0.154. The number of carbonyl (C=O) groups excluding carboxylic acids is 2. The van der Waals surface area contributed by atoms with E-state index in [1.165, 1.54) is 36.7 Å². The number of nitrogens with one attached hydrogen (secondary N) is 2. The maximum atomic E-state index is 13.2. The van der Waals surface area contributed by atoms with Crippen LogP contribution in [0.5, 0.6) is 11.5 Å². The molecule has 3 N–H and O–H groups in total. The van der Waals surface area contributed by atoms with Gasteiger partial charge in [0.05, 0.1) is 4.90 Å². The predicted molar refractivity (Wildman–Crippen MR) is 118 cm³/mol. The first-order valence-corrected chi connectivity index (χ1v) is 11.8. The number of benzene rings is 2. The molecule has 33 heavy (non-hydrogen) atoms. The van der Waals surface area contributed by atoms with E-state index in [1.807, 2.05) is 0 Å². The Morgan fingerprint density at radius 2 is 1.67 bits per heavy atom. The van der Waals surface area contributed by atoms with Crippen molar-refractivity contribution in [3.05, 3.63) is 48.5 Å². The zero-order valence-electron chi connectivity index (χ0n) is 18.1. The second-order valence-corrected chi connectivity index (χ2v) is 9.69. The van der Waals surface area contributed by atoms with Gasteiger partial charge in [-0.1, -0.05) is 6.07 Å². The molecule has 0 aliphatic carbocycles. The summed E-state index contributed by atoms with van der Waals surface area (Å²) in [6.45, 7) is 2.04. The van der Waals surface area contributed by atoms with Gasteiger partial charge in [0.2, 0.25) is 5.91 Å². The molecule has 2 aromatic rings. The highest BCUT2D eigenvalue weighted by Gasteiger charge is 2.52. The number of anilines is 1. The molecule has 1 fully saturated rings. The standard InChI is InChI=1S/C22H26N2O8S/c1-16(25)23-17-3-2-4-19(15-17)32-14-13-31-18-5-7-20(8-6-18)33(28,29)22(21(26)24-27)9-11-30-12-10-22/h2-8,15,27H,9-14H2,1H3,(H,23,25)(H,24,26). The lowest BCUT2D eigenvalue weighted by Gasteiger charge is -2.34. The van der Waals surface area contributed by atoms with Gasteiger partial charge in [-0.15, -0.1) is 0 Å². The minimum absolute atomic E-state index is 0.0496. The van der Waals surface area contributed by atoms with Crippen molar-refractivity contribution in [2.45, 2.75) is 29.4 Å². The van der Waals surface area contributed by atoms with Crippen molar-refractivity contribution in [3.63, 3.8) is 0 Å². The van der Waals surface area contributed by atoms with Gasteiger partial charge < -0.3 is 19.5 Å². The number of ether oxygens (including phenoxy) is 3. The average molecular weight is 479 g/mol. The van der Waals surface area contributed by atoms with Gasteiger partial charge in [-0.2, -0.15) is 0 Å². The van der Waals surface area contributed by atoms with Crippen molar-refractivity contribution >= 4 is 27.3 Å². The predicted octanol–water partition coefficient (Wildman–Crippen LogP) is 1.93. The van der Waals surface area contributed by atoms with Gasteiger partial charge >= 0.3 is 0 Å². The third-order valence-corrected chi connectivity index (χ3v) is 7.75. The van der Waals surface area contributed by atoms with Crippen LogP contribution in [0.2, 0.25) is 0 Å². The van der Waals surface area contributed by atoms with Gasteiger partial charge in [0.15, 0.2) is 14.6 Å². The molecule has 0 radical (unpaired) electrons. The summed E-state index contributed by atoms with van der Waals surface area (Å²) in [5, 5.41) is 11.8. The smallest absolute Gasteiger partial charge is 0.265 e. The van der Waals surface area contributed by atoms with Crippen molar-refractivity contribution < 1.29 is 37.4 Å². The SMILES string of the molecule is CC(=O)Nc1cccc(OCCOc2ccc(S(=O)(=O)C3(C(=O)NO)CCOCC3)cc2)c1. The number of hydrogen-bond acceptors (Lipinski definition) is 8. The highest BCUT2D eigenvalue weighted by atomic mass is 32.2. The Morgan fingerprint density at radius 3 is 2.27 bits per heavy atom. The Bertz CT molecular complexity index is 1080. The Balaban J connectivity index is 1.60. The van der Waals surface area contributed by atoms with E-state index in [0.29, 0.717) is 17.2 Å². The number of amides is 2. The first kappa shape index (κ1) is 24.5. The van der Waals surface area contributed by atoms with E-state index in [0.717, 1.165) is 0 Å². The quantitative estimate of drug-likeness (QED) is 0.282. The van der Waals surface area contributed by atoms with Crippen molar-refractivity contribution in [1.29, 1.82) is 0 Å². The fraction of sp³-hybridized carbons (Fsp3) is 0.364. The molecule has 1 heterocycles. The molecule has 1 aliphatic rings. The van der Waals surface area contributed by atoms with Crippen molar-refractivity contribution in [1.82, 2.24) is 5.48 Å². The summed E-state index contributed by atoms with van der Waals surface area (Å²) in [6.07, 6.45) is -0.110. The second kappa shape index (κ2) is 10.6. The van der Waals surface area contributed by atoms with Crippen LogP contribution in [0.1, 0.15) is 19.8 Å². The fourth-order valence-electron chi connectivity index (χ4n) is 3.55. The summed E-state index contributed by atoms with van der Waals surface area (Å²) < 4.78 is 41.1. The number of rotatable bonds is 9. The van der Waals surface area contributed by atoms with E-state index in [-0.39, 0.29) is 50.1 Å². The van der Waals surface area contributed by atoms with Crippen molar-refractivity contribution in [2.24, 2.45) is 0 Å². The van der Waals surface area contributed by atoms with Gasteiger partial charge in [-0.3, -0.25) is 14.8 Å². The van der Waals surface area contributed by atoms with Gasteiger partial charge in [0.25, 0.3) is 5.91 Å². The van der Waals surface area contributed by atoms with Crippen LogP contribution in [0, 0.1) is 0 Å². The molecular formula is C22H26N2O8S. The molecular weight excluding hydrogens is 452 g/mol. The molecule has 0 saturated carbocycles. The lowest BCUT2D eigenvalue weighted by molar-refractivity contribution is -0.134. The lowest BCUT2D eigenvalue weighted by Crippen LogP contribution is -2.54. The van der Waals surface area contributed by atoms with Crippen molar-refractivity contribution in [2.75, 3.05) is 31.7 Å². The van der Waals surface area contributed by atoms with E-state index >= 15 is 0 Å². The summed E-state index contributed by atoms with van der Waals surface area (Å²) >= 11 is 0. The van der Waals surface area contributed by atoms with Crippen molar-refractivity contribution in [3.8, 4) is 11.5 Å². The monoisotopic (exact) mass is 478 g/mol. The first-order chi connectivity index (χ1) is 15.8. The van der Waals surface area contributed by atoms with Gasteiger partial charge in [0, 0.05) is 31.9 Å². The van der Waals surface area contributed by atoms with E-state index in [9.17, 15) is 18.0 Å². The number of hydrogen-bond donors (Lipinski definition) is 3. The number of sulfone groups is 1. The molecule has 3 rings (SSSR count). The minimum atomic E-state index is -4.09. The highest BCUT2D eigenvalue weighted by Crippen LogP contribution is 2.35. The maximum Gasteiger partial charge on any atom is 0.265 e. The van der Waals surface area contributed by atoms with Crippen LogP contribution >= 0.6 is 0 Å². The first-order valence-electron chi connectivity index (χ1n) is 10.3. The molecule has 178 valence electrons. The largest absolute Gasteiger partial charge is 0.490 e. The van der Waals surface area contributed by atoms with Crippen LogP contribution in [0.4, 0.5) is 5.69 Å². The molecule has 0 spiro atoms. The van der Waals surface area contributed by atoms with E-state index in [4.69, 9.17) is 19.4 Å². The van der Waals surface area contributed by atoms with Crippen LogP contribution in [0.3, 0.4) is 0 Å². The van der Waals surface area contributed by atoms with Gasteiger partial charge in [-0.05, 0) is 49.2 Å². The number of carbonyl (C=O) groups is 2. The number of hydroxylamine groups is 1. The molecule has 11 heteroatoms. The molecule has 2 amide bonds. The van der Waals surface area contributed by atoms with E-state index < -0.39 is 20.5 Å². The zero-order valence-corrected chi connectivity index (χ0v) is 18.9. The molecule has 1 saturated heterocycles. The van der Waals surface area contributed by atoms with Crippen LogP contribution in [0.15, 0.2) is 53.4 Å². The van der Waals surface area contributed by atoms with Crippen LogP contribution < -0.4 is 20.3 Å². The Morgan fingerprint density at radius 1 is 1.03 bits per heavy atom. The van der Waals surface area contributed by atoms with E-state index in [1.54, 1.807) is 24.3 Å². The van der Waals surface area contributed by atoms with Crippen LogP contribution in [-0.2, 0) is 24.2 Å². The van der Waals surface area contributed by atoms with Crippen LogP contribution in [0.25, 0.3) is 0 Å². The van der Waals surface area contributed by atoms with E-state index in [2.05, 4.69) is 5.32 Å². The Kier molecular flexibility index (Phi) is 7.90. The molecule has 0 atom stereocenters. The maximum absolute atomic E-state index is 13.2. The summed E-state index contributed by atoms with van der Waals surface area (Å²) in [7, 11) is -4.09. The van der Waals surface area contributed by atoms with Gasteiger partial charge in [0.1, 0.15) is 24.7 Å². The topological polar surface area (TPSA) is 140 Å². The summed E-state index contributed by atoms with van der Waals surface area (Å²) in [4.78, 5) is 23.4. The van der Waals surface area contributed by atoms with Crippen LogP contribution in [-0.4, -0.2) is 56.6 Å². The van der Waals surface area contributed by atoms with Gasteiger partial charge in [-0.25, -0.2) is 13.9 Å².